The molecule has 0 aliphatic carbocycles. The van der Waals surface area contributed by atoms with E-state index in [1.54, 1.807) is 0 Å². The first kappa shape index (κ1) is 16.2. The summed E-state index contributed by atoms with van der Waals surface area (Å²) in [4.78, 5) is 10.5. The Bertz CT molecular complexity index is 219. The molecule has 0 aliphatic rings. The highest BCUT2D eigenvalue weighted by Gasteiger charge is 1.94. The Balaban J connectivity index is 3.11. The smallest absolute Gasteiger partial charge is 0.302 e. The third kappa shape index (κ3) is 13.1. The van der Waals surface area contributed by atoms with Crippen LogP contribution in [0.15, 0.2) is 11.6 Å². The Morgan fingerprint density at radius 1 is 1.00 bits per heavy atom. The van der Waals surface area contributed by atoms with Crippen LogP contribution in [0.25, 0.3) is 0 Å². The van der Waals surface area contributed by atoms with E-state index in [4.69, 9.17) is 4.74 Å². The Morgan fingerprint density at radius 2 is 1.59 bits per heavy atom. The van der Waals surface area contributed by atoms with Gasteiger partial charge in [-0.2, -0.15) is 0 Å². The Labute approximate surface area is 106 Å². The first-order chi connectivity index (χ1) is 8.16. The van der Waals surface area contributed by atoms with Gasteiger partial charge < -0.3 is 4.74 Å². The molecule has 0 heterocycles. The third-order valence-electron chi connectivity index (χ3n) is 2.95. The van der Waals surface area contributed by atoms with Crippen LogP contribution in [-0.2, 0) is 9.53 Å². The number of unbranched alkanes of at least 4 members (excludes halogenated alkanes) is 6. The molecule has 0 radical (unpaired) electrons. The number of carbonyl (C=O) groups is 1. The molecule has 0 aromatic carbocycles. The molecule has 2 heteroatoms. The van der Waals surface area contributed by atoms with Crippen LogP contribution in [-0.4, -0.2) is 12.6 Å². The molecule has 0 rings (SSSR count). The average Bonchev–Trinajstić information content (AvgIpc) is 2.30. The number of allylic oxidation sites excluding steroid dienone is 2. The number of carbonyl (C=O) groups excluding carboxylic acids is 1. The van der Waals surface area contributed by atoms with Crippen molar-refractivity contribution in [3.05, 3.63) is 11.6 Å². The number of rotatable bonds is 10. The zero-order valence-electron chi connectivity index (χ0n) is 11.8. The highest BCUT2D eigenvalue weighted by atomic mass is 16.5. The summed E-state index contributed by atoms with van der Waals surface area (Å²) in [5, 5.41) is 0. The molecule has 0 amide bonds. The molecule has 0 saturated heterocycles. The second-order valence-corrected chi connectivity index (χ2v) is 4.65. The summed E-state index contributed by atoms with van der Waals surface area (Å²) in [5.74, 6) is -0.164. The second-order valence-electron chi connectivity index (χ2n) is 4.65. The van der Waals surface area contributed by atoms with Crippen molar-refractivity contribution in [2.24, 2.45) is 0 Å². The van der Waals surface area contributed by atoms with Gasteiger partial charge in [-0.25, -0.2) is 0 Å². The van der Waals surface area contributed by atoms with Crippen LogP contribution in [0, 0.1) is 0 Å². The van der Waals surface area contributed by atoms with Crippen molar-refractivity contribution in [3.8, 4) is 0 Å². The van der Waals surface area contributed by atoms with Gasteiger partial charge in [-0.3, -0.25) is 4.79 Å². The topological polar surface area (TPSA) is 26.3 Å². The fraction of sp³-hybridized carbons (Fsp3) is 0.800. The number of hydrogen-bond acceptors (Lipinski definition) is 2. The minimum Gasteiger partial charge on any atom is -0.466 e. The second kappa shape index (κ2) is 11.7. The van der Waals surface area contributed by atoms with Gasteiger partial charge in [-0.05, 0) is 32.6 Å². The molecule has 0 aromatic rings. The normalized spacial score (nSPS) is 11.6. The lowest BCUT2D eigenvalue weighted by Crippen LogP contribution is -1.99. The van der Waals surface area contributed by atoms with E-state index in [1.165, 1.54) is 57.4 Å². The first-order valence-electron chi connectivity index (χ1n) is 6.95. The maximum absolute atomic E-state index is 10.5. The molecule has 100 valence electrons. The monoisotopic (exact) mass is 240 g/mol. The van der Waals surface area contributed by atoms with Gasteiger partial charge in [0.2, 0.25) is 0 Å². The summed E-state index contributed by atoms with van der Waals surface area (Å²) in [6.45, 7) is 6.46. The van der Waals surface area contributed by atoms with Gasteiger partial charge >= 0.3 is 5.97 Å². The molecule has 0 unspecified atom stereocenters. The van der Waals surface area contributed by atoms with Crippen molar-refractivity contribution in [2.45, 2.75) is 72.1 Å². The minimum atomic E-state index is -0.164. The lowest BCUT2D eigenvalue weighted by atomic mass is 10.1. The maximum atomic E-state index is 10.5. The first-order valence-corrected chi connectivity index (χ1v) is 6.95. The Kier molecular flexibility index (Phi) is 11.1. The number of ether oxygens (including phenoxy) is 1. The standard InChI is InChI=1S/C15H28O2/c1-4-14(2)12-10-8-6-5-7-9-11-13-17-15(3)16/h12H,4-11,13H2,1-3H3/b14-12+. The lowest BCUT2D eigenvalue weighted by molar-refractivity contribution is -0.141. The van der Waals surface area contributed by atoms with E-state index in [1.807, 2.05) is 0 Å². The van der Waals surface area contributed by atoms with Gasteiger partial charge in [-0.1, -0.05) is 44.3 Å². The zero-order chi connectivity index (χ0) is 12.9. The highest BCUT2D eigenvalue weighted by Crippen LogP contribution is 2.09. The molecule has 0 aromatic heterocycles. The van der Waals surface area contributed by atoms with E-state index in [9.17, 15) is 4.79 Å². The lowest BCUT2D eigenvalue weighted by Gasteiger charge is -2.02. The van der Waals surface area contributed by atoms with Crippen molar-refractivity contribution in [1.29, 1.82) is 0 Å². The summed E-state index contributed by atoms with van der Waals surface area (Å²) < 4.78 is 4.88. The maximum Gasteiger partial charge on any atom is 0.302 e. The molecular weight excluding hydrogens is 212 g/mol. The van der Waals surface area contributed by atoms with E-state index in [0.29, 0.717) is 6.61 Å². The molecule has 0 aliphatic heterocycles. The van der Waals surface area contributed by atoms with Crippen LogP contribution >= 0.6 is 0 Å². The summed E-state index contributed by atoms with van der Waals surface area (Å²) >= 11 is 0. The molecule has 2 nitrogen and oxygen atoms in total. The van der Waals surface area contributed by atoms with Gasteiger partial charge in [-0.15, -0.1) is 0 Å². The van der Waals surface area contributed by atoms with E-state index < -0.39 is 0 Å². The van der Waals surface area contributed by atoms with Crippen LogP contribution < -0.4 is 0 Å². The van der Waals surface area contributed by atoms with Crippen LogP contribution in [0.3, 0.4) is 0 Å². The largest absolute Gasteiger partial charge is 0.466 e. The Morgan fingerprint density at radius 3 is 2.18 bits per heavy atom. The van der Waals surface area contributed by atoms with E-state index in [2.05, 4.69) is 19.9 Å². The van der Waals surface area contributed by atoms with E-state index in [0.717, 1.165) is 6.42 Å². The summed E-state index contributed by atoms with van der Waals surface area (Å²) in [7, 11) is 0. The van der Waals surface area contributed by atoms with Gasteiger partial charge in [0.25, 0.3) is 0 Å². The molecule has 0 spiro atoms. The predicted octanol–water partition coefficient (Wildman–Crippen LogP) is 4.64. The molecular formula is C15H28O2. The number of esters is 1. The predicted molar refractivity (Wildman–Crippen MR) is 73.0 cm³/mol. The van der Waals surface area contributed by atoms with Gasteiger partial charge in [0.1, 0.15) is 0 Å². The van der Waals surface area contributed by atoms with Crippen LogP contribution in [0.2, 0.25) is 0 Å². The van der Waals surface area contributed by atoms with E-state index in [-0.39, 0.29) is 5.97 Å². The fourth-order valence-corrected chi connectivity index (χ4v) is 1.66. The fourth-order valence-electron chi connectivity index (χ4n) is 1.66. The molecule has 0 atom stereocenters. The summed E-state index contributed by atoms with van der Waals surface area (Å²) in [6.07, 6.45) is 12.1. The average molecular weight is 240 g/mol. The minimum absolute atomic E-state index is 0.164. The van der Waals surface area contributed by atoms with Crippen molar-refractivity contribution < 1.29 is 9.53 Å². The van der Waals surface area contributed by atoms with Gasteiger partial charge in [0, 0.05) is 6.92 Å². The van der Waals surface area contributed by atoms with E-state index >= 15 is 0 Å². The number of hydrogen-bond donors (Lipinski definition) is 0. The van der Waals surface area contributed by atoms with Gasteiger partial charge in [0.05, 0.1) is 6.61 Å². The quantitative estimate of drug-likeness (QED) is 0.316. The summed E-state index contributed by atoms with van der Waals surface area (Å²) in [6, 6.07) is 0. The molecule has 0 N–H and O–H groups in total. The van der Waals surface area contributed by atoms with Crippen LogP contribution in [0.4, 0.5) is 0 Å². The SMILES string of the molecule is CC/C(C)=C/CCCCCCCCOC(C)=O. The Hall–Kier alpha value is -0.790. The molecule has 0 fully saturated rings. The molecule has 0 saturated carbocycles. The third-order valence-corrected chi connectivity index (χ3v) is 2.95. The van der Waals surface area contributed by atoms with Crippen LogP contribution in [0.1, 0.15) is 72.1 Å². The van der Waals surface area contributed by atoms with Crippen molar-refractivity contribution >= 4 is 5.97 Å². The highest BCUT2D eigenvalue weighted by molar-refractivity contribution is 5.65. The molecule has 17 heavy (non-hydrogen) atoms. The zero-order valence-corrected chi connectivity index (χ0v) is 11.8. The van der Waals surface area contributed by atoms with Crippen molar-refractivity contribution in [2.75, 3.05) is 6.61 Å². The molecule has 0 bridgehead atoms. The van der Waals surface area contributed by atoms with Crippen molar-refractivity contribution in [1.82, 2.24) is 0 Å². The van der Waals surface area contributed by atoms with Crippen molar-refractivity contribution in [3.63, 3.8) is 0 Å². The van der Waals surface area contributed by atoms with Crippen LogP contribution in [0.5, 0.6) is 0 Å². The van der Waals surface area contributed by atoms with Gasteiger partial charge in [0.15, 0.2) is 0 Å². The summed E-state index contributed by atoms with van der Waals surface area (Å²) in [5.41, 5.74) is 1.51.